The average molecular weight is 465 g/mol. The van der Waals surface area contributed by atoms with Crippen LogP contribution in [0.5, 0.6) is 0 Å². The molecule has 0 radical (unpaired) electrons. The summed E-state index contributed by atoms with van der Waals surface area (Å²) in [5.74, 6) is -0.159. The summed E-state index contributed by atoms with van der Waals surface area (Å²) < 4.78 is 13.5. The lowest BCUT2D eigenvalue weighted by atomic mass is 9.95. The van der Waals surface area contributed by atoms with Gasteiger partial charge in [0.25, 0.3) is 0 Å². The Hall–Kier alpha value is -3.76. The standard InChI is InChI=1S/C31H29FN2O/c32-28-19-17-24(18-20-28)23-33-21-10-22-34(31(35)30(33)27-15-8-3-9-16-27)29(25-11-4-1-5-12-25)26-13-6-2-7-14-26/h1-9,11-20,29-30H,10,21-23H2. The molecule has 0 spiro atoms. The largest absolute Gasteiger partial charge is 0.330 e. The van der Waals surface area contributed by atoms with E-state index in [-0.39, 0.29) is 17.8 Å². The van der Waals surface area contributed by atoms with Crippen molar-refractivity contribution >= 4 is 5.91 Å². The number of amides is 1. The number of nitrogens with zero attached hydrogens (tertiary/aromatic N) is 2. The molecule has 0 bridgehead atoms. The van der Waals surface area contributed by atoms with E-state index in [4.69, 9.17) is 0 Å². The van der Waals surface area contributed by atoms with Crippen LogP contribution in [0.4, 0.5) is 4.39 Å². The summed E-state index contributed by atoms with van der Waals surface area (Å²) in [6.45, 7) is 2.02. The first kappa shape index (κ1) is 23.0. The van der Waals surface area contributed by atoms with Crippen LogP contribution < -0.4 is 0 Å². The van der Waals surface area contributed by atoms with Gasteiger partial charge in [-0.15, -0.1) is 0 Å². The van der Waals surface area contributed by atoms with Crippen molar-refractivity contribution in [1.29, 1.82) is 0 Å². The number of carbonyl (C=O) groups excluding carboxylic acids is 1. The molecule has 0 aromatic heterocycles. The molecule has 4 aromatic carbocycles. The van der Waals surface area contributed by atoms with Crippen LogP contribution in [0.15, 0.2) is 115 Å². The summed E-state index contributed by atoms with van der Waals surface area (Å²) in [6, 6.07) is 36.6. The van der Waals surface area contributed by atoms with Gasteiger partial charge in [-0.05, 0) is 40.8 Å². The van der Waals surface area contributed by atoms with Gasteiger partial charge in [0.05, 0.1) is 6.04 Å². The van der Waals surface area contributed by atoms with Gasteiger partial charge < -0.3 is 4.90 Å². The molecule has 1 fully saturated rings. The van der Waals surface area contributed by atoms with Gasteiger partial charge in [0.15, 0.2) is 0 Å². The fourth-order valence-electron chi connectivity index (χ4n) is 5.06. The second-order valence-corrected chi connectivity index (χ2v) is 9.02. The van der Waals surface area contributed by atoms with Gasteiger partial charge in [0, 0.05) is 19.6 Å². The van der Waals surface area contributed by atoms with Crippen LogP contribution in [0.3, 0.4) is 0 Å². The van der Waals surface area contributed by atoms with E-state index in [1.807, 2.05) is 71.6 Å². The Morgan fingerprint density at radius 1 is 0.714 bits per heavy atom. The predicted molar refractivity (Wildman–Crippen MR) is 137 cm³/mol. The first-order valence-electron chi connectivity index (χ1n) is 12.1. The molecule has 0 aliphatic carbocycles. The Balaban J connectivity index is 1.55. The molecule has 176 valence electrons. The molecule has 0 saturated carbocycles. The lowest BCUT2D eigenvalue weighted by Crippen LogP contribution is -2.41. The van der Waals surface area contributed by atoms with Crippen LogP contribution in [-0.2, 0) is 11.3 Å². The number of halogens is 1. The smallest absolute Gasteiger partial charge is 0.245 e. The van der Waals surface area contributed by atoms with E-state index in [2.05, 4.69) is 29.2 Å². The van der Waals surface area contributed by atoms with Crippen molar-refractivity contribution in [2.75, 3.05) is 13.1 Å². The zero-order valence-corrected chi connectivity index (χ0v) is 19.6. The predicted octanol–water partition coefficient (Wildman–Crippen LogP) is 6.39. The number of hydrogen-bond donors (Lipinski definition) is 0. The molecule has 35 heavy (non-hydrogen) atoms. The average Bonchev–Trinajstić information content (AvgIpc) is 3.06. The van der Waals surface area contributed by atoms with E-state index in [1.165, 1.54) is 12.1 Å². The van der Waals surface area contributed by atoms with Crippen molar-refractivity contribution in [2.45, 2.75) is 25.0 Å². The van der Waals surface area contributed by atoms with Gasteiger partial charge in [-0.1, -0.05) is 103 Å². The third kappa shape index (κ3) is 5.18. The number of hydrogen-bond acceptors (Lipinski definition) is 2. The number of carbonyl (C=O) groups is 1. The molecule has 1 aliphatic rings. The van der Waals surface area contributed by atoms with E-state index in [0.717, 1.165) is 35.2 Å². The van der Waals surface area contributed by atoms with Crippen LogP contribution in [0.25, 0.3) is 0 Å². The quantitative estimate of drug-likeness (QED) is 0.330. The van der Waals surface area contributed by atoms with Gasteiger partial charge in [-0.3, -0.25) is 9.69 Å². The second-order valence-electron chi connectivity index (χ2n) is 9.02. The van der Waals surface area contributed by atoms with Gasteiger partial charge in [0.1, 0.15) is 11.9 Å². The van der Waals surface area contributed by atoms with Gasteiger partial charge in [-0.25, -0.2) is 4.39 Å². The molecular formula is C31H29FN2O. The first-order valence-corrected chi connectivity index (χ1v) is 12.1. The Morgan fingerprint density at radius 2 is 1.26 bits per heavy atom. The van der Waals surface area contributed by atoms with E-state index >= 15 is 0 Å². The zero-order chi connectivity index (χ0) is 24.0. The highest BCUT2D eigenvalue weighted by molar-refractivity contribution is 5.84. The van der Waals surface area contributed by atoms with Gasteiger partial charge in [-0.2, -0.15) is 0 Å². The SMILES string of the molecule is O=C1C(c2ccccc2)N(Cc2ccc(F)cc2)CCCN1C(c1ccccc1)c1ccccc1. The Morgan fingerprint density at radius 3 is 1.83 bits per heavy atom. The first-order chi connectivity index (χ1) is 17.2. The zero-order valence-electron chi connectivity index (χ0n) is 19.6. The summed E-state index contributed by atoms with van der Waals surface area (Å²) in [6.07, 6.45) is 0.854. The maximum Gasteiger partial charge on any atom is 0.245 e. The summed E-state index contributed by atoms with van der Waals surface area (Å²) in [4.78, 5) is 18.7. The van der Waals surface area contributed by atoms with Crippen molar-refractivity contribution in [3.63, 3.8) is 0 Å². The maximum atomic E-state index is 14.4. The van der Waals surface area contributed by atoms with Crippen molar-refractivity contribution in [1.82, 2.24) is 9.80 Å². The Bertz CT molecular complexity index is 1190. The minimum absolute atomic E-state index is 0.0912. The van der Waals surface area contributed by atoms with E-state index < -0.39 is 6.04 Å². The number of benzene rings is 4. The molecule has 1 unspecified atom stereocenters. The van der Waals surface area contributed by atoms with Crippen LogP contribution >= 0.6 is 0 Å². The summed E-state index contributed by atoms with van der Waals surface area (Å²) >= 11 is 0. The van der Waals surface area contributed by atoms with E-state index in [1.54, 1.807) is 12.1 Å². The third-order valence-corrected chi connectivity index (χ3v) is 6.68. The molecule has 1 heterocycles. The van der Waals surface area contributed by atoms with Crippen molar-refractivity contribution in [2.24, 2.45) is 0 Å². The molecule has 1 aliphatic heterocycles. The molecule has 4 aromatic rings. The molecule has 3 nitrogen and oxygen atoms in total. The van der Waals surface area contributed by atoms with Crippen LogP contribution in [-0.4, -0.2) is 28.8 Å². The summed E-state index contributed by atoms with van der Waals surface area (Å²) in [5.41, 5.74) is 4.18. The molecule has 0 N–H and O–H groups in total. The van der Waals surface area contributed by atoms with Crippen molar-refractivity contribution in [3.8, 4) is 0 Å². The summed E-state index contributed by atoms with van der Waals surface area (Å²) in [5, 5.41) is 0. The molecule has 1 amide bonds. The fraction of sp³-hybridized carbons (Fsp3) is 0.194. The topological polar surface area (TPSA) is 23.6 Å². The Kier molecular flexibility index (Phi) is 7.01. The van der Waals surface area contributed by atoms with E-state index in [9.17, 15) is 9.18 Å². The molecule has 1 atom stereocenters. The Labute approximate surface area is 206 Å². The van der Waals surface area contributed by atoms with Crippen molar-refractivity contribution < 1.29 is 9.18 Å². The highest BCUT2D eigenvalue weighted by Crippen LogP contribution is 2.35. The fourth-order valence-corrected chi connectivity index (χ4v) is 5.06. The van der Waals surface area contributed by atoms with Crippen LogP contribution in [0, 0.1) is 5.82 Å². The third-order valence-electron chi connectivity index (χ3n) is 6.68. The lowest BCUT2D eigenvalue weighted by molar-refractivity contribution is -0.137. The van der Waals surface area contributed by atoms with Gasteiger partial charge in [0.2, 0.25) is 5.91 Å². The molecule has 1 saturated heterocycles. The lowest BCUT2D eigenvalue weighted by Gasteiger charge is -2.35. The number of rotatable bonds is 6. The summed E-state index contributed by atoms with van der Waals surface area (Å²) in [7, 11) is 0. The maximum absolute atomic E-state index is 14.4. The molecule has 4 heteroatoms. The minimum Gasteiger partial charge on any atom is -0.330 e. The highest BCUT2D eigenvalue weighted by atomic mass is 19.1. The molecular weight excluding hydrogens is 435 g/mol. The van der Waals surface area contributed by atoms with E-state index in [0.29, 0.717) is 13.1 Å². The van der Waals surface area contributed by atoms with Crippen LogP contribution in [0.1, 0.15) is 40.8 Å². The highest BCUT2D eigenvalue weighted by Gasteiger charge is 2.37. The normalized spacial score (nSPS) is 16.9. The monoisotopic (exact) mass is 464 g/mol. The second kappa shape index (κ2) is 10.7. The molecule has 5 rings (SSSR count). The minimum atomic E-state index is -0.418. The van der Waals surface area contributed by atoms with Crippen molar-refractivity contribution in [3.05, 3.63) is 143 Å². The van der Waals surface area contributed by atoms with Gasteiger partial charge >= 0.3 is 0 Å². The van der Waals surface area contributed by atoms with Crippen LogP contribution in [0.2, 0.25) is 0 Å².